The van der Waals surface area contributed by atoms with Gasteiger partial charge in [-0.1, -0.05) is 41.2 Å². The second-order valence-electron chi connectivity index (χ2n) is 6.56. The van der Waals surface area contributed by atoms with Crippen LogP contribution in [0.2, 0.25) is 0 Å². The fourth-order valence-electron chi connectivity index (χ4n) is 2.79. The second kappa shape index (κ2) is 7.85. The van der Waals surface area contributed by atoms with E-state index < -0.39 is 21.7 Å². The number of amides is 1. The number of para-hydroxylation sites is 1. The Labute approximate surface area is 176 Å². The number of nitrogens with one attached hydrogen (secondary N) is 2. The summed E-state index contributed by atoms with van der Waals surface area (Å²) in [4.78, 5) is 16.8. The molecule has 152 valence electrons. The van der Waals surface area contributed by atoms with Gasteiger partial charge in [-0.3, -0.25) is 14.8 Å². The van der Waals surface area contributed by atoms with Gasteiger partial charge in [-0.25, -0.2) is 17.8 Å². The Balaban J connectivity index is 1.54. The third-order valence-electron chi connectivity index (χ3n) is 4.30. The molecule has 30 heavy (non-hydrogen) atoms. The van der Waals surface area contributed by atoms with Crippen molar-refractivity contribution in [3.63, 3.8) is 0 Å². The van der Waals surface area contributed by atoms with Crippen molar-refractivity contribution in [3.05, 3.63) is 83.7 Å². The molecule has 6 nitrogen and oxygen atoms in total. The molecule has 0 saturated carbocycles. The first-order valence-corrected chi connectivity index (χ1v) is 11.2. The van der Waals surface area contributed by atoms with Crippen molar-refractivity contribution in [2.45, 2.75) is 11.8 Å². The molecule has 1 heterocycles. The maximum Gasteiger partial charge on any atom is 0.261 e. The quantitative estimate of drug-likeness (QED) is 0.466. The average Bonchev–Trinajstić information content (AvgIpc) is 3.12. The van der Waals surface area contributed by atoms with Gasteiger partial charge in [0.2, 0.25) is 0 Å². The lowest BCUT2D eigenvalue weighted by Crippen LogP contribution is -2.15. The van der Waals surface area contributed by atoms with Crippen LogP contribution in [0.1, 0.15) is 15.9 Å². The highest BCUT2D eigenvalue weighted by Gasteiger charge is 2.16. The molecule has 0 atom stereocenters. The van der Waals surface area contributed by atoms with Gasteiger partial charge in [-0.15, -0.1) is 0 Å². The number of carbonyl (C=O) groups excluding carboxylic acids is 1. The zero-order valence-corrected chi connectivity index (χ0v) is 17.4. The Kier molecular flexibility index (Phi) is 5.23. The summed E-state index contributed by atoms with van der Waals surface area (Å²) >= 11 is 1.15. The predicted molar refractivity (Wildman–Crippen MR) is 116 cm³/mol. The van der Waals surface area contributed by atoms with Gasteiger partial charge in [0.1, 0.15) is 11.3 Å². The van der Waals surface area contributed by atoms with Crippen molar-refractivity contribution in [1.82, 2.24) is 4.98 Å². The zero-order chi connectivity index (χ0) is 21.3. The fourth-order valence-corrected chi connectivity index (χ4v) is 4.72. The van der Waals surface area contributed by atoms with Crippen molar-refractivity contribution in [2.75, 3.05) is 10.0 Å². The third-order valence-corrected chi connectivity index (χ3v) is 6.63. The first-order valence-electron chi connectivity index (χ1n) is 8.88. The molecule has 0 fully saturated rings. The molecule has 1 aromatic heterocycles. The number of nitrogens with zero attached hydrogens (tertiary/aromatic N) is 1. The molecule has 4 rings (SSSR count). The van der Waals surface area contributed by atoms with Gasteiger partial charge in [-0.05, 0) is 49.4 Å². The standard InChI is InChI=1S/C21H16FN3O3S2/c1-13-8-10-16(11-9-13)30(27,28)25-15-5-2-4-14(12-15)20(26)24-21-23-19-17(22)6-3-7-18(19)29-21/h2-12,25H,1H3,(H,23,24,26). The minimum Gasteiger partial charge on any atom is -0.298 e. The molecule has 3 aromatic carbocycles. The van der Waals surface area contributed by atoms with Crippen molar-refractivity contribution in [2.24, 2.45) is 0 Å². The Morgan fingerprint density at radius 1 is 1.03 bits per heavy atom. The van der Waals surface area contributed by atoms with Gasteiger partial charge in [0.15, 0.2) is 5.13 Å². The zero-order valence-electron chi connectivity index (χ0n) is 15.7. The molecule has 0 aliphatic heterocycles. The van der Waals surface area contributed by atoms with E-state index in [4.69, 9.17) is 0 Å². The van der Waals surface area contributed by atoms with Crippen LogP contribution in [0.4, 0.5) is 15.2 Å². The highest BCUT2D eigenvalue weighted by Crippen LogP contribution is 2.28. The number of fused-ring (bicyclic) bond motifs is 1. The monoisotopic (exact) mass is 441 g/mol. The molecule has 0 unspecified atom stereocenters. The molecule has 9 heteroatoms. The number of benzene rings is 3. The number of halogens is 1. The number of anilines is 2. The van der Waals surface area contributed by atoms with E-state index in [0.717, 1.165) is 16.9 Å². The minimum atomic E-state index is -3.79. The number of hydrogen-bond donors (Lipinski definition) is 2. The summed E-state index contributed by atoms with van der Waals surface area (Å²) in [5.74, 6) is -0.942. The van der Waals surface area contributed by atoms with Gasteiger partial charge in [0.05, 0.1) is 9.60 Å². The largest absolute Gasteiger partial charge is 0.298 e. The summed E-state index contributed by atoms with van der Waals surface area (Å²) in [6.07, 6.45) is 0. The molecule has 1 amide bonds. The number of hydrogen-bond acceptors (Lipinski definition) is 5. The summed E-state index contributed by atoms with van der Waals surface area (Å²) in [6.45, 7) is 1.87. The first kappa shape index (κ1) is 20.0. The summed E-state index contributed by atoms with van der Waals surface area (Å²) in [5.41, 5.74) is 1.62. The highest BCUT2D eigenvalue weighted by atomic mass is 32.2. The van der Waals surface area contributed by atoms with E-state index in [0.29, 0.717) is 4.70 Å². The minimum absolute atomic E-state index is 0.124. The van der Waals surface area contributed by atoms with Crippen LogP contribution in [0.15, 0.2) is 71.6 Å². The van der Waals surface area contributed by atoms with E-state index >= 15 is 0 Å². The number of sulfonamides is 1. The van der Waals surface area contributed by atoms with E-state index in [9.17, 15) is 17.6 Å². The number of carbonyl (C=O) groups is 1. The molecular weight excluding hydrogens is 425 g/mol. The summed E-state index contributed by atoms with van der Waals surface area (Å²) < 4.78 is 42.0. The van der Waals surface area contributed by atoms with E-state index in [1.165, 1.54) is 24.3 Å². The number of rotatable bonds is 5. The number of aryl methyl sites for hydroxylation is 1. The molecular formula is C21H16FN3O3S2. The van der Waals surface area contributed by atoms with Gasteiger partial charge >= 0.3 is 0 Å². The van der Waals surface area contributed by atoms with E-state index in [1.54, 1.807) is 42.5 Å². The molecule has 0 saturated heterocycles. The Morgan fingerprint density at radius 3 is 2.50 bits per heavy atom. The van der Waals surface area contributed by atoms with Crippen molar-refractivity contribution in [1.29, 1.82) is 0 Å². The fraction of sp³-hybridized carbons (Fsp3) is 0.0476. The maximum absolute atomic E-state index is 13.8. The lowest BCUT2D eigenvalue weighted by molar-refractivity contribution is 0.102. The summed E-state index contributed by atoms with van der Waals surface area (Å²) in [7, 11) is -3.79. The summed E-state index contributed by atoms with van der Waals surface area (Å²) in [5, 5.41) is 2.88. The highest BCUT2D eigenvalue weighted by molar-refractivity contribution is 7.92. The van der Waals surface area contributed by atoms with Crippen LogP contribution in [0.3, 0.4) is 0 Å². The van der Waals surface area contributed by atoms with Gasteiger partial charge in [0.25, 0.3) is 15.9 Å². The lowest BCUT2D eigenvalue weighted by Gasteiger charge is -2.10. The molecule has 0 radical (unpaired) electrons. The maximum atomic E-state index is 13.8. The molecule has 4 aromatic rings. The number of thiazole rings is 1. The molecule has 0 bridgehead atoms. The molecule has 0 aliphatic carbocycles. The second-order valence-corrected chi connectivity index (χ2v) is 9.27. The SMILES string of the molecule is Cc1ccc(S(=O)(=O)Nc2cccc(C(=O)Nc3nc4c(F)cccc4s3)c2)cc1. The van der Waals surface area contributed by atoms with Crippen LogP contribution in [0.5, 0.6) is 0 Å². The lowest BCUT2D eigenvalue weighted by atomic mass is 10.2. The van der Waals surface area contributed by atoms with Crippen molar-refractivity contribution >= 4 is 48.3 Å². The number of aromatic nitrogens is 1. The molecule has 0 spiro atoms. The van der Waals surface area contributed by atoms with E-state index in [-0.39, 0.29) is 26.8 Å². The van der Waals surface area contributed by atoms with Crippen LogP contribution in [-0.4, -0.2) is 19.3 Å². The van der Waals surface area contributed by atoms with Crippen molar-refractivity contribution in [3.8, 4) is 0 Å². The normalized spacial score (nSPS) is 11.4. The third kappa shape index (κ3) is 4.17. The van der Waals surface area contributed by atoms with Gasteiger partial charge < -0.3 is 0 Å². The smallest absolute Gasteiger partial charge is 0.261 e. The van der Waals surface area contributed by atoms with Crippen LogP contribution < -0.4 is 10.0 Å². The Hall–Kier alpha value is -3.30. The topological polar surface area (TPSA) is 88.2 Å². The molecule has 2 N–H and O–H groups in total. The van der Waals surface area contributed by atoms with E-state index in [1.807, 2.05) is 6.92 Å². The van der Waals surface area contributed by atoms with E-state index in [2.05, 4.69) is 15.0 Å². The average molecular weight is 442 g/mol. The van der Waals surface area contributed by atoms with Crippen LogP contribution in [0, 0.1) is 12.7 Å². The van der Waals surface area contributed by atoms with Gasteiger partial charge in [-0.2, -0.15) is 0 Å². The Morgan fingerprint density at radius 2 is 1.77 bits per heavy atom. The van der Waals surface area contributed by atoms with Crippen molar-refractivity contribution < 1.29 is 17.6 Å². The van der Waals surface area contributed by atoms with Crippen LogP contribution >= 0.6 is 11.3 Å². The summed E-state index contributed by atoms with van der Waals surface area (Å²) in [6, 6.07) is 17.1. The van der Waals surface area contributed by atoms with Crippen LogP contribution in [-0.2, 0) is 10.0 Å². The van der Waals surface area contributed by atoms with Crippen LogP contribution in [0.25, 0.3) is 10.2 Å². The Bertz CT molecular complexity index is 1350. The first-order chi connectivity index (χ1) is 14.3. The molecule has 0 aliphatic rings. The predicted octanol–water partition coefficient (Wildman–Crippen LogP) is 4.80. The van der Waals surface area contributed by atoms with Gasteiger partial charge in [0, 0.05) is 11.3 Å².